The summed E-state index contributed by atoms with van der Waals surface area (Å²) in [6.45, 7) is 12.4. The van der Waals surface area contributed by atoms with Crippen LogP contribution in [0.1, 0.15) is 94.6 Å². The van der Waals surface area contributed by atoms with Gasteiger partial charge in [0.05, 0.1) is 10.6 Å². The lowest BCUT2D eigenvalue weighted by atomic mass is 9.82. The summed E-state index contributed by atoms with van der Waals surface area (Å²) in [6.07, 6.45) is 5.67. The van der Waals surface area contributed by atoms with Gasteiger partial charge in [0, 0.05) is 17.4 Å². The van der Waals surface area contributed by atoms with E-state index in [0.717, 1.165) is 38.5 Å². The third-order valence-electron chi connectivity index (χ3n) is 5.48. The second-order valence-electron chi connectivity index (χ2n) is 9.43. The lowest BCUT2D eigenvalue weighted by molar-refractivity contribution is -0.124. The molecular formula is C24H35NO3S. The van der Waals surface area contributed by atoms with Gasteiger partial charge in [-0.2, -0.15) is 0 Å². The topological polar surface area (TPSA) is 57.6 Å². The number of carbonyl (C=O) groups is 2. The molecule has 1 atom stereocenters. The fourth-order valence-corrected chi connectivity index (χ4v) is 4.69. The lowest BCUT2D eigenvalue weighted by Gasteiger charge is -2.34. The van der Waals surface area contributed by atoms with E-state index in [-0.39, 0.29) is 28.2 Å². The molecule has 160 valence electrons. The van der Waals surface area contributed by atoms with E-state index < -0.39 is 5.97 Å². The maximum atomic E-state index is 13.5. The second kappa shape index (κ2) is 9.80. The predicted molar refractivity (Wildman–Crippen MR) is 121 cm³/mol. The van der Waals surface area contributed by atoms with Crippen LogP contribution in [0.15, 0.2) is 6.07 Å². The molecule has 1 aromatic heterocycles. The van der Waals surface area contributed by atoms with Crippen molar-refractivity contribution in [3.8, 4) is 11.8 Å². The number of hydrogen-bond donors (Lipinski definition) is 1. The van der Waals surface area contributed by atoms with E-state index in [2.05, 4.69) is 25.7 Å². The van der Waals surface area contributed by atoms with Crippen LogP contribution in [0.4, 0.5) is 5.69 Å². The van der Waals surface area contributed by atoms with Crippen LogP contribution in [0, 0.1) is 29.1 Å². The van der Waals surface area contributed by atoms with Gasteiger partial charge in [0.1, 0.15) is 4.88 Å². The molecule has 1 heterocycles. The Hall–Kier alpha value is -1.80. The summed E-state index contributed by atoms with van der Waals surface area (Å²) < 4.78 is 0. The van der Waals surface area contributed by atoms with Crippen molar-refractivity contribution in [1.29, 1.82) is 0 Å². The normalized spacial score (nSPS) is 20.5. The Balaban J connectivity index is 2.46. The highest BCUT2D eigenvalue weighted by molar-refractivity contribution is 7.15. The van der Waals surface area contributed by atoms with E-state index in [0.29, 0.717) is 16.5 Å². The van der Waals surface area contributed by atoms with Gasteiger partial charge in [-0.05, 0) is 71.8 Å². The number of carboxylic acids is 1. The fourth-order valence-electron chi connectivity index (χ4n) is 3.85. The zero-order chi connectivity index (χ0) is 21.8. The van der Waals surface area contributed by atoms with Crippen LogP contribution < -0.4 is 4.90 Å². The first-order valence-corrected chi connectivity index (χ1v) is 11.6. The largest absolute Gasteiger partial charge is 0.477 e. The van der Waals surface area contributed by atoms with Gasteiger partial charge in [-0.15, -0.1) is 11.3 Å². The van der Waals surface area contributed by atoms with Crippen LogP contribution in [0.3, 0.4) is 0 Å². The Morgan fingerprint density at radius 3 is 2.41 bits per heavy atom. The summed E-state index contributed by atoms with van der Waals surface area (Å²) in [7, 11) is 0. The summed E-state index contributed by atoms with van der Waals surface area (Å²) in [5.41, 5.74) is 0.349. The highest BCUT2D eigenvalue weighted by Gasteiger charge is 2.34. The van der Waals surface area contributed by atoms with Gasteiger partial charge >= 0.3 is 5.97 Å². The Bertz CT molecular complexity index is 785. The minimum atomic E-state index is -0.993. The average molecular weight is 418 g/mol. The van der Waals surface area contributed by atoms with E-state index in [4.69, 9.17) is 0 Å². The van der Waals surface area contributed by atoms with Crippen molar-refractivity contribution in [3.05, 3.63) is 15.8 Å². The molecule has 1 fully saturated rings. The molecule has 4 nitrogen and oxygen atoms in total. The first-order valence-electron chi connectivity index (χ1n) is 10.8. The summed E-state index contributed by atoms with van der Waals surface area (Å²) in [5, 5.41) is 9.82. The molecule has 0 aliphatic heterocycles. The molecule has 1 aliphatic carbocycles. The number of carbonyl (C=O) groups excluding carboxylic acids is 1. The van der Waals surface area contributed by atoms with Crippen molar-refractivity contribution in [2.45, 2.75) is 86.1 Å². The number of carboxylic acid groups (broad SMARTS) is 1. The third-order valence-corrected chi connectivity index (χ3v) is 6.50. The lowest BCUT2D eigenvalue weighted by Crippen LogP contribution is -2.43. The Labute approximate surface area is 179 Å². The van der Waals surface area contributed by atoms with Gasteiger partial charge in [-0.1, -0.05) is 32.1 Å². The van der Waals surface area contributed by atoms with E-state index in [1.54, 1.807) is 4.90 Å². The van der Waals surface area contributed by atoms with E-state index in [1.807, 2.05) is 33.8 Å². The number of thiophene rings is 1. The Kier molecular flexibility index (Phi) is 7.94. The van der Waals surface area contributed by atoms with Crippen LogP contribution >= 0.6 is 11.3 Å². The van der Waals surface area contributed by atoms with E-state index in [9.17, 15) is 14.7 Å². The van der Waals surface area contributed by atoms with Gasteiger partial charge < -0.3 is 10.0 Å². The van der Waals surface area contributed by atoms with Crippen LogP contribution in [-0.2, 0) is 4.79 Å². The standard InChI is InChI=1S/C24H35NO3S/c1-7-8-17(3)25(22(26)18-11-9-16(2)10-12-18)20-15-19(13-14-24(4,5)6)29-21(20)23(27)28/h15-18H,7-12H2,1-6H3,(H,27,28). The molecule has 29 heavy (non-hydrogen) atoms. The average Bonchev–Trinajstić information content (AvgIpc) is 3.04. The minimum absolute atomic E-state index is 0.0174. The van der Waals surface area contributed by atoms with Gasteiger partial charge in [-0.25, -0.2) is 4.79 Å². The molecule has 0 bridgehead atoms. The Morgan fingerprint density at radius 2 is 1.90 bits per heavy atom. The first-order chi connectivity index (χ1) is 13.5. The van der Waals surface area contributed by atoms with Crippen LogP contribution in [0.5, 0.6) is 0 Å². The van der Waals surface area contributed by atoms with Gasteiger partial charge in [0.2, 0.25) is 5.91 Å². The van der Waals surface area contributed by atoms with Crippen molar-refractivity contribution < 1.29 is 14.7 Å². The highest BCUT2D eigenvalue weighted by atomic mass is 32.1. The summed E-state index contributed by atoms with van der Waals surface area (Å²) >= 11 is 1.17. The quantitative estimate of drug-likeness (QED) is 0.561. The van der Waals surface area contributed by atoms with Crippen molar-refractivity contribution in [3.63, 3.8) is 0 Å². The van der Waals surface area contributed by atoms with E-state index >= 15 is 0 Å². The molecule has 1 saturated carbocycles. The maximum absolute atomic E-state index is 13.5. The van der Waals surface area contributed by atoms with Crippen molar-refractivity contribution in [2.75, 3.05) is 4.90 Å². The van der Waals surface area contributed by atoms with Crippen molar-refractivity contribution in [2.24, 2.45) is 17.3 Å². The molecule has 0 spiro atoms. The summed E-state index contributed by atoms with van der Waals surface area (Å²) in [6, 6.07) is 1.77. The van der Waals surface area contributed by atoms with Crippen molar-refractivity contribution in [1.82, 2.24) is 0 Å². The zero-order valence-corrected chi connectivity index (χ0v) is 19.5. The van der Waals surface area contributed by atoms with Gasteiger partial charge in [0.25, 0.3) is 0 Å². The number of anilines is 1. The molecule has 1 unspecified atom stereocenters. The van der Waals surface area contributed by atoms with Crippen LogP contribution in [-0.4, -0.2) is 23.0 Å². The predicted octanol–water partition coefficient (Wildman–Crippen LogP) is 6.19. The smallest absolute Gasteiger partial charge is 0.348 e. The van der Waals surface area contributed by atoms with Gasteiger partial charge in [-0.3, -0.25) is 4.79 Å². The molecule has 1 aliphatic rings. The number of aromatic carboxylic acids is 1. The highest BCUT2D eigenvalue weighted by Crippen LogP contribution is 2.36. The maximum Gasteiger partial charge on any atom is 0.348 e. The molecule has 5 heteroatoms. The molecule has 0 aromatic carbocycles. The van der Waals surface area contributed by atoms with Crippen LogP contribution in [0.25, 0.3) is 0 Å². The molecule has 1 amide bonds. The molecule has 0 radical (unpaired) electrons. The third kappa shape index (κ3) is 6.34. The molecule has 1 aromatic rings. The summed E-state index contributed by atoms with van der Waals surface area (Å²) in [5.74, 6) is 6.02. The molecule has 1 N–H and O–H groups in total. The molecular weight excluding hydrogens is 382 g/mol. The molecule has 2 rings (SSSR count). The second-order valence-corrected chi connectivity index (χ2v) is 10.5. The number of amides is 1. The minimum Gasteiger partial charge on any atom is -0.477 e. The summed E-state index contributed by atoms with van der Waals surface area (Å²) in [4.78, 5) is 28.2. The number of rotatable bonds is 6. The SMILES string of the molecule is CCCC(C)N(C(=O)C1CCC(C)CC1)c1cc(C#CC(C)(C)C)sc1C(=O)O. The van der Waals surface area contributed by atoms with Gasteiger partial charge in [0.15, 0.2) is 0 Å². The zero-order valence-electron chi connectivity index (χ0n) is 18.7. The Morgan fingerprint density at radius 1 is 1.28 bits per heavy atom. The number of nitrogens with zero attached hydrogens (tertiary/aromatic N) is 1. The number of hydrogen-bond acceptors (Lipinski definition) is 3. The van der Waals surface area contributed by atoms with Crippen LogP contribution in [0.2, 0.25) is 0 Å². The van der Waals surface area contributed by atoms with Crippen molar-refractivity contribution >= 4 is 28.9 Å². The fraction of sp³-hybridized carbons (Fsp3) is 0.667. The monoisotopic (exact) mass is 417 g/mol. The first kappa shape index (κ1) is 23.5. The molecule has 0 saturated heterocycles. The van der Waals surface area contributed by atoms with E-state index in [1.165, 1.54) is 11.3 Å².